The van der Waals surface area contributed by atoms with E-state index in [1.165, 1.54) is 10.4 Å². The predicted octanol–water partition coefficient (Wildman–Crippen LogP) is 2.28. The first-order valence-electron chi connectivity index (χ1n) is 5.82. The van der Waals surface area contributed by atoms with Crippen LogP contribution in [0.5, 0.6) is 0 Å². The van der Waals surface area contributed by atoms with Crippen LogP contribution in [0.1, 0.15) is 21.8 Å². The maximum Gasteiger partial charge on any atom is 0.227 e. The Balaban J connectivity index is 1.93. The minimum Gasteiger partial charge on any atom is -0.336 e. The molecule has 0 radical (unpaired) electrons. The van der Waals surface area contributed by atoms with Crippen LogP contribution < -0.4 is 4.90 Å². The predicted molar refractivity (Wildman–Crippen MR) is 70.6 cm³/mol. The molecule has 0 atom stereocenters. The van der Waals surface area contributed by atoms with Crippen LogP contribution in [0, 0.1) is 18.3 Å². The molecule has 0 fully saturated rings. The van der Waals surface area contributed by atoms with Crippen molar-refractivity contribution in [2.75, 3.05) is 11.4 Å². The van der Waals surface area contributed by atoms with Gasteiger partial charge < -0.3 is 4.90 Å². The minimum atomic E-state index is 0.439. The largest absolute Gasteiger partial charge is 0.336 e. The van der Waals surface area contributed by atoms with Crippen LogP contribution in [0.25, 0.3) is 0 Å². The van der Waals surface area contributed by atoms with Crippen molar-refractivity contribution >= 4 is 17.3 Å². The highest BCUT2D eigenvalue weighted by Crippen LogP contribution is 2.26. The van der Waals surface area contributed by atoms with Crippen molar-refractivity contribution in [2.45, 2.75) is 19.9 Å². The second kappa shape index (κ2) is 4.39. The molecule has 5 heteroatoms. The molecule has 0 amide bonds. The lowest BCUT2D eigenvalue weighted by Gasteiger charge is -2.27. The van der Waals surface area contributed by atoms with Crippen LogP contribution in [0.2, 0.25) is 0 Å². The van der Waals surface area contributed by atoms with Gasteiger partial charge in [-0.1, -0.05) is 0 Å². The number of aryl methyl sites for hydroxylation is 1. The summed E-state index contributed by atoms with van der Waals surface area (Å²) < 4.78 is 0. The number of hydrogen-bond donors (Lipinski definition) is 0. The van der Waals surface area contributed by atoms with Crippen molar-refractivity contribution in [2.24, 2.45) is 0 Å². The number of nitriles is 1. The van der Waals surface area contributed by atoms with E-state index < -0.39 is 0 Å². The molecule has 2 aromatic heterocycles. The van der Waals surface area contributed by atoms with Crippen molar-refractivity contribution in [1.29, 1.82) is 5.26 Å². The minimum absolute atomic E-state index is 0.439. The van der Waals surface area contributed by atoms with E-state index in [1.807, 2.05) is 18.3 Å². The molecule has 2 aromatic rings. The number of anilines is 1. The van der Waals surface area contributed by atoms with Gasteiger partial charge in [0.2, 0.25) is 5.95 Å². The van der Waals surface area contributed by atoms with Crippen LogP contribution in [-0.4, -0.2) is 16.5 Å². The van der Waals surface area contributed by atoms with Gasteiger partial charge in [0.25, 0.3) is 0 Å². The van der Waals surface area contributed by atoms with E-state index in [1.54, 1.807) is 6.07 Å². The summed E-state index contributed by atoms with van der Waals surface area (Å²) in [5, 5.41) is 11.1. The molecule has 90 valence electrons. The van der Waals surface area contributed by atoms with Gasteiger partial charge in [-0.3, -0.25) is 0 Å². The maximum absolute atomic E-state index is 8.95. The summed E-state index contributed by atoms with van der Waals surface area (Å²) in [6.45, 7) is 3.65. The third-order valence-corrected chi connectivity index (χ3v) is 4.07. The van der Waals surface area contributed by atoms with E-state index in [0.29, 0.717) is 11.6 Å². The van der Waals surface area contributed by atoms with Crippen LogP contribution >= 0.6 is 11.3 Å². The Bertz CT molecular complexity index is 626. The highest BCUT2D eigenvalue weighted by Gasteiger charge is 2.19. The molecule has 0 N–H and O–H groups in total. The summed E-state index contributed by atoms with van der Waals surface area (Å²) in [6.07, 6.45) is 1.03. The molecule has 1 aliphatic rings. The van der Waals surface area contributed by atoms with Gasteiger partial charge in [0, 0.05) is 23.7 Å². The maximum atomic E-state index is 8.95. The van der Waals surface area contributed by atoms with Gasteiger partial charge in [0.1, 0.15) is 11.8 Å². The summed E-state index contributed by atoms with van der Waals surface area (Å²) in [4.78, 5) is 12.3. The molecule has 1 aliphatic heterocycles. The molecule has 0 spiro atoms. The van der Waals surface area contributed by atoms with Gasteiger partial charge in [-0.15, -0.1) is 11.3 Å². The van der Waals surface area contributed by atoms with Gasteiger partial charge in [-0.2, -0.15) is 5.26 Å². The lowest BCUT2D eigenvalue weighted by atomic mass is 10.1. The third-order valence-electron chi connectivity index (χ3n) is 3.05. The van der Waals surface area contributed by atoms with Crippen molar-refractivity contribution in [3.8, 4) is 6.07 Å². The summed E-state index contributed by atoms with van der Waals surface area (Å²) in [5.74, 6) is 0.670. The Labute approximate surface area is 110 Å². The molecule has 18 heavy (non-hydrogen) atoms. The van der Waals surface area contributed by atoms with E-state index in [9.17, 15) is 0 Å². The molecule has 0 aromatic carbocycles. The van der Waals surface area contributed by atoms with Crippen molar-refractivity contribution in [1.82, 2.24) is 9.97 Å². The summed E-state index contributed by atoms with van der Waals surface area (Å²) in [6, 6.07) is 5.96. The number of thiophene rings is 1. The van der Waals surface area contributed by atoms with E-state index in [4.69, 9.17) is 5.26 Å². The first-order valence-corrected chi connectivity index (χ1v) is 6.70. The van der Waals surface area contributed by atoms with Crippen molar-refractivity contribution in [3.05, 3.63) is 39.3 Å². The zero-order chi connectivity index (χ0) is 12.5. The fraction of sp³-hybridized carbons (Fsp3) is 0.308. The Kier molecular flexibility index (Phi) is 2.73. The summed E-state index contributed by atoms with van der Waals surface area (Å²) in [5.41, 5.74) is 2.64. The standard InChI is InChI=1S/C13H12N4S/c1-9-6-11(7-14)16-13(15-9)17-4-2-12-10(8-17)3-5-18-12/h3,5-6H,2,4,8H2,1H3. The van der Waals surface area contributed by atoms with Crippen LogP contribution in [0.4, 0.5) is 5.95 Å². The van der Waals surface area contributed by atoms with Gasteiger partial charge >= 0.3 is 0 Å². The molecule has 0 bridgehead atoms. The van der Waals surface area contributed by atoms with Crippen LogP contribution in [0.3, 0.4) is 0 Å². The Hall–Kier alpha value is -1.93. The van der Waals surface area contributed by atoms with Gasteiger partial charge in [0.05, 0.1) is 0 Å². The molecule has 0 aliphatic carbocycles. The van der Waals surface area contributed by atoms with E-state index in [2.05, 4.69) is 32.4 Å². The molecule has 0 unspecified atom stereocenters. The zero-order valence-electron chi connectivity index (χ0n) is 10.1. The highest BCUT2D eigenvalue weighted by atomic mass is 32.1. The molecular formula is C13H12N4S. The molecule has 4 nitrogen and oxygen atoms in total. The Morgan fingerprint density at radius 2 is 2.33 bits per heavy atom. The normalized spacial score (nSPS) is 14.1. The summed E-state index contributed by atoms with van der Waals surface area (Å²) in [7, 11) is 0. The number of nitrogens with zero attached hydrogens (tertiary/aromatic N) is 4. The van der Waals surface area contributed by atoms with Gasteiger partial charge in [0.15, 0.2) is 0 Å². The van der Waals surface area contributed by atoms with Gasteiger partial charge in [-0.25, -0.2) is 9.97 Å². The van der Waals surface area contributed by atoms with Gasteiger partial charge in [-0.05, 0) is 36.4 Å². The number of hydrogen-bond acceptors (Lipinski definition) is 5. The number of aromatic nitrogens is 2. The van der Waals surface area contributed by atoms with Crippen molar-refractivity contribution in [3.63, 3.8) is 0 Å². The lowest BCUT2D eigenvalue weighted by Crippen LogP contribution is -2.31. The SMILES string of the molecule is Cc1cc(C#N)nc(N2CCc3sccc3C2)n1. The molecule has 0 saturated carbocycles. The van der Waals surface area contributed by atoms with Crippen LogP contribution in [0.15, 0.2) is 17.5 Å². The lowest BCUT2D eigenvalue weighted by molar-refractivity contribution is 0.715. The monoisotopic (exact) mass is 256 g/mol. The second-order valence-electron chi connectivity index (χ2n) is 4.35. The number of rotatable bonds is 1. The average molecular weight is 256 g/mol. The smallest absolute Gasteiger partial charge is 0.227 e. The highest BCUT2D eigenvalue weighted by molar-refractivity contribution is 7.10. The van der Waals surface area contributed by atoms with Crippen molar-refractivity contribution < 1.29 is 0 Å². The molecule has 3 rings (SSSR count). The third kappa shape index (κ3) is 1.95. The topological polar surface area (TPSA) is 52.8 Å². The quantitative estimate of drug-likeness (QED) is 0.785. The average Bonchev–Trinajstić information content (AvgIpc) is 2.85. The Morgan fingerprint density at radius 1 is 1.44 bits per heavy atom. The first kappa shape index (κ1) is 11.2. The van der Waals surface area contributed by atoms with E-state index in [0.717, 1.165) is 25.2 Å². The zero-order valence-corrected chi connectivity index (χ0v) is 10.9. The van der Waals surface area contributed by atoms with E-state index in [-0.39, 0.29) is 0 Å². The summed E-state index contributed by atoms with van der Waals surface area (Å²) >= 11 is 1.81. The first-order chi connectivity index (χ1) is 8.76. The molecule has 3 heterocycles. The van der Waals surface area contributed by atoms with E-state index >= 15 is 0 Å². The fourth-order valence-electron chi connectivity index (χ4n) is 2.17. The fourth-order valence-corrected chi connectivity index (χ4v) is 3.06. The Morgan fingerprint density at radius 3 is 3.17 bits per heavy atom. The number of fused-ring (bicyclic) bond motifs is 1. The molecular weight excluding hydrogens is 244 g/mol. The molecule has 0 saturated heterocycles. The van der Waals surface area contributed by atoms with Crippen LogP contribution in [-0.2, 0) is 13.0 Å². The second-order valence-corrected chi connectivity index (χ2v) is 5.35.